The van der Waals surface area contributed by atoms with Crippen LogP contribution in [0.3, 0.4) is 0 Å². The van der Waals surface area contributed by atoms with Crippen LogP contribution in [0.5, 0.6) is 5.75 Å². The van der Waals surface area contributed by atoms with Gasteiger partial charge < -0.3 is 19.4 Å². The molecule has 0 aliphatic heterocycles. The molecule has 28 heavy (non-hydrogen) atoms. The van der Waals surface area contributed by atoms with Gasteiger partial charge in [-0.15, -0.1) is 6.42 Å². The molecule has 1 N–H and O–H groups in total. The van der Waals surface area contributed by atoms with Crippen LogP contribution < -0.4 is 9.64 Å². The van der Waals surface area contributed by atoms with Crippen LogP contribution in [0.15, 0.2) is 54.9 Å². The molecule has 0 radical (unpaired) electrons. The third-order valence-electron chi connectivity index (χ3n) is 4.10. The van der Waals surface area contributed by atoms with E-state index in [1.165, 1.54) is 0 Å². The van der Waals surface area contributed by atoms with E-state index in [4.69, 9.17) is 27.5 Å². The molecule has 0 spiro atoms. The van der Waals surface area contributed by atoms with Gasteiger partial charge in [0, 0.05) is 35.3 Å². The number of aromatic nitrogens is 2. The lowest BCUT2D eigenvalue weighted by molar-refractivity contribution is -0.0610. The van der Waals surface area contributed by atoms with Crippen molar-refractivity contribution in [3.05, 3.63) is 59.9 Å². The Labute approximate surface area is 170 Å². The normalized spacial score (nSPS) is 11.6. The number of benzene rings is 2. The summed E-state index contributed by atoms with van der Waals surface area (Å²) >= 11 is 6.05. The molecule has 1 unspecified atom stereocenters. The molecule has 0 fully saturated rings. The van der Waals surface area contributed by atoms with Crippen molar-refractivity contribution in [1.82, 2.24) is 9.97 Å². The first-order chi connectivity index (χ1) is 13.6. The summed E-state index contributed by atoms with van der Waals surface area (Å²) in [4.78, 5) is 9.46. The average Bonchev–Trinajstić information content (AvgIpc) is 3.22. The molecule has 0 amide bonds. The third-order valence-corrected chi connectivity index (χ3v) is 4.36. The SMILES string of the molecule is C#CCN(c1ccc(Cl)cc1)c1cc(-c2ncc[nH]2)ccc1OC(C)OCC. The molecule has 0 saturated carbocycles. The summed E-state index contributed by atoms with van der Waals surface area (Å²) in [5.74, 6) is 4.16. The number of nitrogens with zero attached hydrogens (tertiary/aromatic N) is 2. The molecule has 1 aromatic heterocycles. The molecule has 0 bridgehead atoms. The van der Waals surface area contributed by atoms with E-state index in [0.717, 1.165) is 22.8 Å². The number of hydrogen-bond donors (Lipinski definition) is 1. The van der Waals surface area contributed by atoms with Gasteiger partial charge in [0.25, 0.3) is 0 Å². The Morgan fingerprint density at radius 3 is 2.68 bits per heavy atom. The summed E-state index contributed by atoms with van der Waals surface area (Å²) in [5.41, 5.74) is 2.65. The van der Waals surface area contributed by atoms with Crippen molar-refractivity contribution in [2.24, 2.45) is 0 Å². The molecule has 6 heteroatoms. The lowest BCUT2D eigenvalue weighted by Gasteiger charge is -2.27. The van der Waals surface area contributed by atoms with Crippen molar-refractivity contribution in [2.75, 3.05) is 18.1 Å². The number of rotatable bonds is 8. The van der Waals surface area contributed by atoms with E-state index in [2.05, 4.69) is 15.9 Å². The quantitative estimate of drug-likeness (QED) is 0.417. The monoisotopic (exact) mass is 395 g/mol. The standard InChI is InChI=1S/C22H22ClN3O2/c1-4-14-26(19-9-7-18(23)8-10-19)20-15-17(22-24-12-13-25-22)6-11-21(20)28-16(3)27-5-2/h1,6-13,15-16H,5,14H2,2-3H3,(H,24,25). The summed E-state index contributed by atoms with van der Waals surface area (Å²) in [7, 11) is 0. The van der Waals surface area contributed by atoms with Gasteiger partial charge in [0.15, 0.2) is 6.29 Å². The zero-order valence-corrected chi connectivity index (χ0v) is 16.6. The van der Waals surface area contributed by atoms with Crippen molar-refractivity contribution >= 4 is 23.0 Å². The Bertz CT molecular complexity index is 933. The highest BCUT2D eigenvalue weighted by molar-refractivity contribution is 6.30. The molecule has 2 aromatic carbocycles. The van der Waals surface area contributed by atoms with Gasteiger partial charge in [0.1, 0.15) is 11.6 Å². The smallest absolute Gasteiger partial charge is 0.197 e. The van der Waals surface area contributed by atoms with Crippen LogP contribution >= 0.6 is 11.6 Å². The maximum absolute atomic E-state index is 6.05. The van der Waals surface area contributed by atoms with Gasteiger partial charge in [0.2, 0.25) is 0 Å². The van der Waals surface area contributed by atoms with Crippen molar-refractivity contribution in [3.8, 4) is 29.5 Å². The third kappa shape index (κ3) is 4.66. The van der Waals surface area contributed by atoms with Crippen LogP contribution in [0.2, 0.25) is 5.02 Å². The first kappa shape index (κ1) is 19.8. The van der Waals surface area contributed by atoms with Crippen molar-refractivity contribution in [1.29, 1.82) is 0 Å². The predicted octanol–water partition coefficient (Wildman–Crippen LogP) is 5.26. The minimum atomic E-state index is -0.392. The minimum Gasteiger partial charge on any atom is -0.463 e. The van der Waals surface area contributed by atoms with Crippen molar-refractivity contribution < 1.29 is 9.47 Å². The maximum Gasteiger partial charge on any atom is 0.197 e. The number of nitrogens with one attached hydrogen (secondary N) is 1. The van der Waals surface area contributed by atoms with E-state index in [1.807, 2.05) is 61.2 Å². The van der Waals surface area contributed by atoms with E-state index in [9.17, 15) is 0 Å². The molecule has 0 aliphatic carbocycles. The Hall–Kier alpha value is -2.94. The molecule has 144 valence electrons. The summed E-state index contributed by atoms with van der Waals surface area (Å²) in [5, 5.41) is 0.662. The molecule has 3 rings (SSSR count). The average molecular weight is 396 g/mol. The Morgan fingerprint density at radius 1 is 1.25 bits per heavy atom. The highest BCUT2D eigenvalue weighted by Gasteiger charge is 2.18. The van der Waals surface area contributed by atoms with Gasteiger partial charge in [-0.3, -0.25) is 0 Å². The second kappa shape index (κ2) is 9.32. The van der Waals surface area contributed by atoms with E-state index in [1.54, 1.807) is 12.4 Å². The van der Waals surface area contributed by atoms with Crippen LogP contribution in [0, 0.1) is 12.3 Å². The molecule has 5 nitrogen and oxygen atoms in total. The van der Waals surface area contributed by atoms with Gasteiger partial charge in [-0.2, -0.15) is 0 Å². The molecule has 1 atom stereocenters. The molecule has 3 aromatic rings. The molecule has 1 heterocycles. The zero-order chi connectivity index (χ0) is 19.9. The van der Waals surface area contributed by atoms with Crippen LogP contribution in [0.4, 0.5) is 11.4 Å². The van der Waals surface area contributed by atoms with E-state index in [0.29, 0.717) is 23.9 Å². The van der Waals surface area contributed by atoms with Crippen LogP contribution in [0.25, 0.3) is 11.4 Å². The fourth-order valence-corrected chi connectivity index (χ4v) is 3.00. The van der Waals surface area contributed by atoms with E-state index in [-0.39, 0.29) is 0 Å². The van der Waals surface area contributed by atoms with Gasteiger partial charge in [-0.25, -0.2) is 4.98 Å². The lowest BCUT2D eigenvalue weighted by atomic mass is 10.1. The Morgan fingerprint density at radius 2 is 2.04 bits per heavy atom. The molecule has 0 saturated heterocycles. The maximum atomic E-state index is 6.05. The number of aromatic amines is 1. The first-order valence-corrected chi connectivity index (χ1v) is 9.38. The minimum absolute atomic E-state index is 0.364. The number of terminal acetylenes is 1. The fraction of sp³-hybridized carbons (Fsp3) is 0.227. The van der Waals surface area contributed by atoms with Crippen LogP contribution in [-0.2, 0) is 4.74 Å². The van der Waals surface area contributed by atoms with E-state index < -0.39 is 6.29 Å². The second-order valence-electron chi connectivity index (χ2n) is 6.03. The summed E-state index contributed by atoms with van der Waals surface area (Å²) in [6.07, 6.45) is 8.78. The van der Waals surface area contributed by atoms with Gasteiger partial charge in [-0.1, -0.05) is 17.5 Å². The van der Waals surface area contributed by atoms with Crippen LogP contribution in [0.1, 0.15) is 13.8 Å². The Balaban J connectivity index is 2.07. The fourth-order valence-electron chi connectivity index (χ4n) is 2.87. The topological polar surface area (TPSA) is 50.4 Å². The number of halogens is 1. The molecular weight excluding hydrogens is 374 g/mol. The number of imidazole rings is 1. The first-order valence-electron chi connectivity index (χ1n) is 9.01. The largest absolute Gasteiger partial charge is 0.463 e. The van der Waals surface area contributed by atoms with Crippen molar-refractivity contribution in [2.45, 2.75) is 20.1 Å². The molecule has 0 aliphatic rings. The zero-order valence-electron chi connectivity index (χ0n) is 15.9. The Kier molecular flexibility index (Phi) is 6.59. The summed E-state index contributed by atoms with van der Waals surface area (Å²) in [6.45, 7) is 4.72. The predicted molar refractivity (Wildman–Crippen MR) is 113 cm³/mol. The second-order valence-corrected chi connectivity index (χ2v) is 6.46. The highest BCUT2D eigenvalue weighted by Crippen LogP contribution is 2.37. The van der Waals surface area contributed by atoms with Crippen molar-refractivity contribution in [3.63, 3.8) is 0 Å². The summed E-state index contributed by atoms with van der Waals surface area (Å²) in [6, 6.07) is 13.4. The highest BCUT2D eigenvalue weighted by atomic mass is 35.5. The molecular formula is C22H22ClN3O2. The summed E-state index contributed by atoms with van der Waals surface area (Å²) < 4.78 is 11.6. The van der Waals surface area contributed by atoms with Gasteiger partial charge in [0.05, 0.1) is 12.2 Å². The van der Waals surface area contributed by atoms with Gasteiger partial charge >= 0.3 is 0 Å². The number of H-pyrrole nitrogens is 1. The number of ether oxygens (including phenoxy) is 2. The van der Waals surface area contributed by atoms with Crippen LogP contribution in [-0.4, -0.2) is 29.4 Å². The number of anilines is 2. The van der Waals surface area contributed by atoms with Gasteiger partial charge in [-0.05, 0) is 56.3 Å². The van der Waals surface area contributed by atoms with E-state index >= 15 is 0 Å². The lowest BCUT2D eigenvalue weighted by Crippen LogP contribution is -2.21. The number of hydrogen-bond acceptors (Lipinski definition) is 4.